The lowest BCUT2D eigenvalue weighted by molar-refractivity contribution is -0.142. The lowest BCUT2D eigenvalue weighted by Crippen LogP contribution is -2.09. The van der Waals surface area contributed by atoms with Gasteiger partial charge in [0.25, 0.3) is 0 Å². The molecule has 33 heavy (non-hydrogen) atoms. The van der Waals surface area contributed by atoms with Crippen molar-refractivity contribution in [3.63, 3.8) is 0 Å². The van der Waals surface area contributed by atoms with Crippen molar-refractivity contribution in [2.24, 2.45) is 5.73 Å². The number of hydrogen-bond donors (Lipinski definition) is 1. The first-order valence-electron chi connectivity index (χ1n) is 11.2. The molecule has 0 aliphatic carbocycles. The van der Waals surface area contributed by atoms with Crippen molar-refractivity contribution in [1.82, 2.24) is 0 Å². The Bertz CT molecular complexity index is 1290. The highest BCUT2D eigenvalue weighted by Crippen LogP contribution is 2.34. The van der Waals surface area contributed by atoms with Gasteiger partial charge >= 0.3 is 5.97 Å². The van der Waals surface area contributed by atoms with Crippen LogP contribution in [0.4, 0.5) is 0 Å². The predicted octanol–water partition coefficient (Wildman–Crippen LogP) is 5.86. The summed E-state index contributed by atoms with van der Waals surface area (Å²) in [5.74, 6) is 0.433. The van der Waals surface area contributed by atoms with Crippen LogP contribution in [-0.4, -0.2) is 12.6 Å². The Labute approximate surface area is 194 Å². The molecular weight excluding hydrogens is 414 g/mol. The summed E-state index contributed by atoms with van der Waals surface area (Å²) in [5.41, 5.74) is 13.8. The maximum Gasteiger partial charge on any atom is 0.310 e. The zero-order valence-electron chi connectivity index (χ0n) is 19.3. The van der Waals surface area contributed by atoms with Gasteiger partial charge in [-0.1, -0.05) is 30.3 Å². The van der Waals surface area contributed by atoms with Crippen molar-refractivity contribution in [1.29, 1.82) is 0 Å². The fourth-order valence-corrected chi connectivity index (χ4v) is 3.95. The number of carbonyl (C=O) groups excluding carboxylic acids is 1. The third kappa shape index (κ3) is 5.10. The summed E-state index contributed by atoms with van der Waals surface area (Å²) < 4.78 is 17.2. The third-order valence-electron chi connectivity index (χ3n) is 5.66. The monoisotopic (exact) mass is 443 g/mol. The van der Waals surface area contributed by atoms with Gasteiger partial charge in [0.15, 0.2) is 0 Å². The lowest BCUT2D eigenvalue weighted by atomic mass is 9.98. The molecule has 5 nitrogen and oxygen atoms in total. The number of fused-ring (bicyclic) bond motifs is 1. The van der Waals surface area contributed by atoms with Crippen molar-refractivity contribution in [3.05, 3.63) is 88.7 Å². The molecule has 0 bridgehead atoms. The van der Waals surface area contributed by atoms with Crippen molar-refractivity contribution < 1.29 is 18.7 Å². The van der Waals surface area contributed by atoms with Crippen molar-refractivity contribution in [2.45, 2.75) is 40.3 Å². The largest absolute Gasteiger partial charge is 0.489 e. The van der Waals surface area contributed by atoms with E-state index < -0.39 is 0 Å². The number of aryl methyl sites for hydroxylation is 2. The van der Waals surface area contributed by atoms with Crippen molar-refractivity contribution in [3.8, 4) is 16.9 Å². The van der Waals surface area contributed by atoms with Crippen LogP contribution >= 0.6 is 0 Å². The topological polar surface area (TPSA) is 74.7 Å². The van der Waals surface area contributed by atoms with E-state index in [9.17, 15) is 4.79 Å². The minimum atomic E-state index is -0.260. The second-order valence-electron chi connectivity index (χ2n) is 8.22. The van der Waals surface area contributed by atoms with E-state index in [-0.39, 0.29) is 12.4 Å². The zero-order chi connectivity index (χ0) is 23.4. The summed E-state index contributed by atoms with van der Waals surface area (Å²) in [6.07, 6.45) is 1.96. The van der Waals surface area contributed by atoms with Gasteiger partial charge in [0, 0.05) is 23.1 Å². The van der Waals surface area contributed by atoms with E-state index in [2.05, 4.69) is 24.3 Å². The number of hydrogen-bond acceptors (Lipinski definition) is 5. The Morgan fingerprint density at radius 1 is 1.03 bits per heavy atom. The van der Waals surface area contributed by atoms with Crippen LogP contribution in [0.15, 0.2) is 65.3 Å². The van der Waals surface area contributed by atoms with Gasteiger partial charge in [0.05, 0.1) is 19.3 Å². The molecule has 0 spiro atoms. The Balaban J connectivity index is 1.67. The first kappa shape index (κ1) is 22.6. The summed E-state index contributed by atoms with van der Waals surface area (Å²) >= 11 is 0. The molecule has 4 aromatic rings. The van der Waals surface area contributed by atoms with Gasteiger partial charge in [-0.15, -0.1) is 0 Å². The van der Waals surface area contributed by atoms with Crippen molar-refractivity contribution in [2.75, 3.05) is 6.61 Å². The molecule has 0 radical (unpaired) electrons. The van der Waals surface area contributed by atoms with Crippen LogP contribution in [0.25, 0.3) is 22.1 Å². The van der Waals surface area contributed by atoms with E-state index in [1.54, 1.807) is 13.2 Å². The molecule has 4 rings (SSSR count). The number of carbonyl (C=O) groups is 1. The van der Waals surface area contributed by atoms with Gasteiger partial charge in [0.1, 0.15) is 17.9 Å². The second kappa shape index (κ2) is 9.92. The molecule has 0 saturated heterocycles. The van der Waals surface area contributed by atoms with E-state index in [1.165, 1.54) is 0 Å². The molecule has 1 aromatic heterocycles. The molecule has 170 valence electrons. The van der Waals surface area contributed by atoms with Crippen LogP contribution in [0.1, 0.15) is 34.7 Å². The SMILES string of the molecule is CCOC(=O)Cc1ccc(C)cc1OCc1cc(-c2cccc(CN)c2)c2occ(C)c2c1. The van der Waals surface area contributed by atoms with Crippen LogP contribution in [0.3, 0.4) is 0 Å². The number of nitrogens with two attached hydrogens (primary N) is 1. The van der Waals surface area contributed by atoms with Gasteiger partial charge in [-0.3, -0.25) is 4.79 Å². The van der Waals surface area contributed by atoms with E-state index in [0.717, 1.165) is 49.9 Å². The summed E-state index contributed by atoms with van der Waals surface area (Å²) in [4.78, 5) is 12.0. The second-order valence-corrected chi connectivity index (χ2v) is 8.22. The molecule has 2 N–H and O–H groups in total. The Hall–Kier alpha value is -3.57. The highest BCUT2D eigenvalue weighted by Gasteiger charge is 2.14. The molecule has 1 heterocycles. The third-order valence-corrected chi connectivity index (χ3v) is 5.66. The summed E-state index contributed by atoms with van der Waals surface area (Å²) in [7, 11) is 0. The van der Waals surface area contributed by atoms with E-state index in [4.69, 9.17) is 19.6 Å². The quantitative estimate of drug-likeness (QED) is 0.345. The maximum absolute atomic E-state index is 12.0. The van der Waals surface area contributed by atoms with E-state index in [0.29, 0.717) is 25.5 Å². The summed E-state index contributed by atoms with van der Waals surface area (Å²) in [6, 6.07) is 18.2. The summed E-state index contributed by atoms with van der Waals surface area (Å²) in [6.45, 7) is 7.05. The van der Waals surface area contributed by atoms with Gasteiger partial charge in [-0.25, -0.2) is 0 Å². The molecule has 5 heteroatoms. The van der Waals surface area contributed by atoms with Crippen LogP contribution in [0.5, 0.6) is 5.75 Å². The van der Waals surface area contributed by atoms with Crippen molar-refractivity contribution >= 4 is 16.9 Å². The number of rotatable bonds is 8. The number of benzene rings is 3. The van der Waals surface area contributed by atoms with Gasteiger partial charge in [-0.2, -0.15) is 0 Å². The number of ether oxygens (including phenoxy) is 2. The Morgan fingerprint density at radius 3 is 2.67 bits per heavy atom. The highest BCUT2D eigenvalue weighted by molar-refractivity contribution is 5.95. The molecule has 3 aromatic carbocycles. The molecule has 0 unspecified atom stereocenters. The first-order chi connectivity index (χ1) is 16.0. The minimum Gasteiger partial charge on any atom is -0.489 e. The Morgan fingerprint density at radius 2 is 1.88 bits per heavy atom. The molecule has 0 saturated carbocycles. The number of esters is 1. The van der Waals surface area contributed by atoms with Gasteiger partial charge < -0.3 is 19.6 Å². The normalized spacial score (nSPS) is 11.0. The van der Waals surface area contributed by atoms with E-state index in [1.807, 2.05) is 44.2 Å². The molecule has 0 amide bonds. The minimum absolute atomic E-state index is 0.181. The highest BCUT2D eigenvalue weighted by atomic mass is 16.5. The number of furan rings is 1. The standard InChI is InChI=1S/C28H29NO4/c1-4-31-27(30)14-23-9-8-18(2)10-26(23)32-17-21-12-24-19(3)16-33-28(24)25(13-21)22-7-5-6-20(11-22)15-29/h5-13,16H,4,14-15,17,29H2,1-3H3. The fourth-order valence-electron chi connectivity index (χ4n) is 3.95. The molecule has 0 aliphatic rings. The average molecular weight is 444 g/mol. The van der Waals surface area contributed by atoms with E-state index >= 15 is 0 Å². The lowest BCUT2D eigenvalue weighted by Gasteiger charge is -2.14. The first-order valence-corrected chi connectivity index (χ1v) is 11.2. The van der Waals surface area contributed by atoms with Crippen LogP contribution in [0, 0.1) is 13.8 Å². The maximum atomic E-state index is 12.0. The van der Waals surface area contributed by atoms with Crippen LogP contribution in [-0.2, 0) is 29.1 Å². The fraction of sp³-hybridized carbons (Fsp3) is 0.250. The predicted molar refractivity (Wildman–Crippen MR) is 130 cm³/mol. The molecule has 0 aliphatic heterocycles. The average Bonchev–Trinajstić information content (AvgIpc) is 3.19. The summed E-state index contributed by atoms with van der Waals surface area (Å²) in [5, 5.41) is 1.06. The smallest absolute Gasteiger partial charge is 0.310 e. The Kier molecular flexibility index (Phi) is 6.80. The zero-order valence-corrected chi connectivity index (χ0v) is 19.3. The van der Waals surface area contributed by atoms with Crippen LogP contribution < -0.4 is 10.5 Å². The molecule has 0 fully saturated rings. The van der Waals surface area contributed by atoms with Gasteiger partial charge in [-0.05, 0) is 72.9 Å². The van der Waals surface area contributed by atoms with Gasteiger partial charge in [0.2, 0.25) is 0 Å². The van der Waals surface area contributed by atoms with Crippen LogP contribution in [0.2, 0.25) is 0 Å². The molecular formula is C28H29NO4. The molecule has 0 atom stereocenters.